The number of esters is 1. The molecule has 23 heavy (non-hydrogen) atoms. The lowest BCUT2D eigenvalue weighted by Crippen LogP contribution is -2.32. The van der Waals surface area contributed by atoms with E-state index in [1.807, 2.05) is 0 Å². The highest BCUT2D eigenvalue weighted by Gasteiger charge is 2.16. The van der Waals surface area contributed by atoms with E-state index in [0.29, 0.717) is 17.2 Å². The van der Waals surface area contributed by atoms with Crippen LogP contribution < -0.4 is 22.5 Å². The zero-order valence-electron chi connectivity index (χ0n) is 11.6. The van der Waals surface area contributed by atoms with Crippen molar-refractivity contribution >= 4 is 30.1 Å². The van der Waals surface area contributed by atoms with Crippen LogP contribution in [0.15, 0.2) is 40.8 Å². The molecular formula is C13H13ClN4O5. The number of hydrogen-bond acceptors (Lipinski definition) is 7. The van der Waals surface area contributed by atoms with Gasteiger partial charge in [0.05, 0.1) is 0 Å². The maximum absolute atomic E-state index is 11.5. The van der Waals surface area contributed by atoms with Crippen molar-refractivity contribution < 1.29 is 23.5 Å². The van der Waals surface area contributed by atoms with Gasteiger partial charge in [0.1, 0.15) is 5.76 Å². The Kier molecular flexibility index (Phi) is 7.27. The van der Waals surface area contributed by atoms with E-state index < -0.39 is 12.1 Å². The molecule has 0 spiro atoms. The molecular weight excluding hydrogens is 328 g/mol. The van der Waals surface area contributed by atoms with Crippen molar-refractivity contribution in [1.82, 2.24) is 10.9 Å². The first kappa shape index (κ1) is 18.2. The first-order chi connectivity index (χ1) is 11.0. The molecule has 0 radical (unpaired) electrons. The van der Waals surface area contributed by atoms with E-state index in [-0.39, 0.29) is 5.76 Å². The monoisotopic (exact) mass is 340 g/mol. The van der Waals surface area contributed by atoms with Gasteiger partial charge in [-0.15, -0.1) is 0 Å². The summed E-state index contributed by atoms with van der Waals surface area (Å²) in [5, 5.41) is 0.592. The normalized spacial score (nSPS) is 9.17. The third-order valence-electron chi connectivity index (χ3n) is 2.31. The van der Waals surface area contributed by atoms with Crippen LogP contribution in [0.5, 0.6) is 0 Å². The summed E-state index contributed by atoms with van der Waals surface area (Å²) in [7, 11) is 0. The van der Waals surface area contributed by atoms with Crippen LogP contribution in [0.25, 0.3) is 11.3 Å². The van der Waals surface area contributed by atoms with Crippen molar-refractivity contribution in [3.63, 3.8) is 0 Å². The van der Waals surface area contributed by atoms with Crippen LogP contribution in [0.3, 0.4) is 0 Å². The average molecular weight is 341 g/mol. The van der Waals surface area contributed by atoms with Gasteiger partial charge < -0.3 is 9.15 Å². The number of nitrogens with one attached hydrogen (secondary N) is 2. The van der Waals surface area contributed by atoms with E-state index in [9.17, 15) is 9.59 Å². The third-order valence-corrected chi connectivity index (χ3v) is 2.56. The van der Waals surface area contributed by atoms with Gasteiger partial charge in [-0.2, -0.15) is 0 Å². The standard InChI is InChI=1S/C12H9ClN2O4.CH4N2O/c13-8-3-1-7(2-4-8)9-5-6-10(18-9)11(16)19-12(17)15-14;2-3-1-4/h1-6H,14H2,(H,15,17);1H,2H2,(H,3,4). The Morgan fingerprint density at radius 2 is 1.74 bits per heavy atom. The molecule has 1 aromatic heterocycles. The number of benzene rings is 1. The molecule has 0 saturated heterocycles. The highest BCUT2D eigenvalue weighted by Crippen LogP contribution is 2.24. The number of hydrazine groups is 2. The zero-order valence-corrected chi connectivity index (χ0v) is 12.4. The van der Waals surface area contributed by atoms with Gasteiger partial charge in [-0.3, -0.25) is 15.6 Å². The van der Waals surface area contributed by atoms with Crippen LogP contribution in [-0.2, 0) is 9.53 Å². The van der Waals surface area contributed by atoms with Gasteiger partial charge >= 0.3 is 12.1 Å². The Hall–Kier alpha value is -2.88. The summed E-state index contributed by atoms with van der Waals surface area (Å²) in [6.07, 6.45) is -0.658. The quantitative estimate of drug-likeness (QED) is 0.162. The lowest BCUT2D eigenvalue weighted by molar-refractivity contribution is -0.109. The molecule has 0 bridgehead atoms. The van der Waals surface area contributed by atoms with Crippen molar-refractivity contribution in [2.45, 2.75) is 0 Å². The van der Waals surface area contributed by atoms with Crippen molar-refractivity contribution in [3.8, 4) is 11.3 Å². The summed E-state index contributed by atoms with van der Waals surface area (Å²) < 4.78 is 9.60. The fraction of sp³-hybridized carbons (Fsp3) is 0. The van der Waals surface area contributed by atoms with Crippen molar-refractivity contribution in [3.05, 3.63) is 47.2 Å². The third kappa shape index (κ3) is 5.79. The Labute approximate surface area is 135 Å². The van der Waals surface area contributed by atoms with Crippen molar-refractivity contribution in [2.75, 3.05) is 0 Å². The highest BCUT2D eigenvalue weighted by atomic mass is 35.5. The summed E-state index contributed by atoms with van der Waals surface area (Å²) in [6, 6.07) is 9.85. The molecule has 122 valence electrons. The number of amides is 2. The predicted octanol–water partition coefficient (Wildman–Crippen LogP) is 0.946. The minimum atomic E-state index is -1.06. The number of nitrogens with two attached hydrogens (primary N) is 2. The topological polar surface area (TPSA) is 150 Å². The van der Waals surface area contributed by atoms with Gasteiger partial charge in [-0.25, -0.2) is 21.3 Å². The SMILES string of the molecule is NNC(=O)OC(=O)c1ccc(-c2ccc(Cl)cc2)o1.NNC=O. The lowest BCUT2D eigenvalue weighted by Gasteiger charge is -1.99. The number of carbonyl (C=O) groups excluding carboxylic acids is 3. The molecule has 9 nitrogen and oxygen atoms in total. The van der Waals surface area contributed by atoms with E-state index in [1.165, 1.54) is 6.07 Å². The largest absolute Gasteiger partial charge is 0.449 e. The maximum Gasteiger partial charge on any atom is 0.429 e. The fourth-order valence-corrected chi connectivity index (χ4v) is 1.51. The molecule has 0 aliphatic carbocycles. The van der Waals surface area contributed by atoms with E-state index in [0.717, 1.165) is 5.56 Å². The van der Waals surface area contributed by atoms with Crippen LogP contribution in [0.2, 0.25) is 5.02 Å². The molecule has 2 rings (SSSR count). The second-order valence-electron chi connectivity index (χ2n) is 3.78. The smallest absolute Gasteiger partial charge is 0.429 e. The number of rotatable bonds is 3. The number of hydrogen-bond donors (Lipinski definition) is 4. The Bertz CT molecular complexity index is 671. The molecule has 2 amide bonds. The summed E-state index contributed by atoms with van der Waals surface area (Å²) >= 11 is 5.77. The Balaban J connectivity index is 0.000000593. The molecule has 2 aromatic rings. The predicted molar refractivity (Wildman–Crippen MR) is 80.7 cm³/mol. The van der Waals surface area contributed by atoms with Crippen molar-refractivity contribution in [1.29, 1.82) is 0 Å². The summed E-state index contributed by atoms with van der Waals surface area (Å²) in [5.74, 6) is 8.62. The van der Waals surface area contributed by atoms with Crippen molar-refractivity contribution in [2.24, 2.45) is 11.7 Å². The lowest BCUT2D eigenvalue weighted by atomic mass is 10.2. The van der Waals surface area contributed by atoms with E-state index in [1.54, 1.807) is 41.2 Å². The Morgan fingerprint density at radius 3 is 2.26 bits per heavy atom. The number of halogens is 1. The number of carbonyl (C=O) groups is 3. The molecule has 0 saturated carbocycles. The van der Waals surface area contributed by atoms with Gasteiger partial charge in [-0.1, -0.05) is 11.6 Å². The second-order valence-corrected chi connectivity index (χ2v) is 4.21. The summed E-state index contributed by atoms with van der Waals surface area (Å²) in [6.45, 7) is 0. The number of ether oxygens (including phenoxy) is 1. The summed E-state index contributed by atoms with van der Waals surface area (Å²) in [4.78, 5) is 31.2. The van der Waals surface area contributed by atoms with E-state index in [4.69, 9.17) is 26.7 Å². The first-order valence-electron chi connectivity index (χ1n) is 6.00. The first-order valence-corrected chi connectivity index (χ1v) is 6.38. The minimum Gasteiger partial charge on any atom is -0.449 e. The molecule has 6 N–H and O–H groups in total. The molecule has 0 aliphatic rings. The molecule has 1 aromatic carbocycles. The van der Waals surface area contributed by atoms with Gasteiger partial charge in [0.2, 0.25) is 12.2 Å². The molecule has 0 fully saturated rings. The molecule has 0 aliphatic heterocycles. The maximum atomic E-state index is 11.5. The van der Waals surface area contributed by atoms with E-state index >= 15 is 0 Å². The molecule has 0 unspecified atom stereocenters. The van der Waals surface area contributed by atoms with Crippen LogP contribution in [0.4, 0.5) is 4.79 Å². The minimum absolute atomic E-state index is 0.103. The van der Waals surface area contributed by atoms with Crippen LogP contribution in [0, 0.1) is 0 Å². The Morgan fingerprint density at radius 1 is 1.13 bits per heavy atom. The average Bonchev–Trinajstić information content (AvgIpc) is 3.05. The number of furan rings is 1. The van der Waals surface area contributed by atoms with Crippen LogP contribution in [-0.4, -0.2) is 18.5 Å². The zero-order chi connectivity index (χ0) is 17.2. The van der Waals surface area contributed by atoms with Crippen LogP contribution in [0.1, 0.15) is 10.6 Å². The van der Waals surface area contributed by atoms with Gasteiger partial charge in [-0.05, 0) is 36.4 Å². The molecule has 10 heteroatoms. The molecule has 1 heterocycles. The van der Waals surface area contributed by atoms with E-state index in [2.05, 4.69) is 10.6 Å². The highest BCUT2D eigenvalue weighted by molar-refractivity contribution is 6.30. The summed E-state index contributed by atoms with van der Waals surface area (Å²) in [5.41, 5.74) is 4.16. The second kappa shape index (κ2) is 9.20. The fourth-order valence-electron chi connectivity index (χ4n) is 1.38. The molecule has 0 atom stereocenters. The van der Waals surface area contributed by atoms with Crippen LogP contribution >= 0.6 is 11.6 Å². The van der Waals surface area contributed by atoms with Gasteiger partial charge in [0, 0.05) is 10.6 Å². The van der Waals surface area contributed by atoms with Gasteiger partial charge in [0.25, 0.3) is 0 Å². The van der Waals surface area contributed by atoms with Gasteiger partial charge in [0.15, 0.2) is 0 Å².